The van der Waals surface area contributed by atoms with Crippen molar-refractivity contribution in [1.29, 1.82) is 0 Å². The number of ether oxygens (including phenoxy) is 1. The van der Waals surface area contributed by atoms with Gasteiger partial charge in [0.05, 0.1) is 12.8 Å². The highest BCUT2D eigenvalue weighted by Gasteiger charge is 2.06. The van der Waals surface area contributed by atoms with Gasteiger partial charge in [0, 0.05) is 30.2 Å². The average Bonchev–Trinajstić information content (AvgIpc) is 2.79. The molecule has 96 valence electrons. The molecule has 0 fully saturated rings. The molecule has 5 heteroatoms. The van der Waals surface area contributed by atoms with Crippen LogP contribution in [0.1, 0.15) is 16.1 Å². The summed E-state index contributed by atoms with van der Waals surface area (Å²) in [6, 6.07) is 6.13. The van der Waals surface area contributed by atoms with Crippen LogP contribution in [-0.2, 0) is 13.1 Å². The number of pyridine rings is 1. The fraction of sp³-hybridized carbons (Fsp3) is 0.385. The minimum absolute atomic E-state index is 0.692. The summed E-state index contributed by atoms with van der Waals surface area (Å²) in [5.41, 5.74) is 2.27. The van der Waals surface area contributed by atoms with Gasteiger partial charge in [-0.25, -0.2) is 0 Å². The van der Waals surface area contributed by atoms with Gasteiger partial charge in [-0.05, 0) is 37.1 Å². The van der Waals surface area contributed by atoms with E-state index in [1.165, 1.54) is 22.0 Å². The molecular formula is C13H17N3OS. The van der Waals surface area contributed by atoms with Crippen molar-refractivity contribution in [3.05, 3.63) is 40.5 Å². The molecule has 18 heavy (non-hydrogen) atoms. The largest absolute Gasteiger partial charge is 0.480 e. The first kappa shape index (κ1) is 13.0. The number of rotatable bonds is 5. The summed E-state index contributed by atoms with van der Waals surface area (Å²) in [7, 11) is 3.71. The lowest BCUT2D eigenvalue weighted by Crippen LogP contribution is -2.17. The van der Waals surface area contributed by atoms with Gasteiger partial charge in [-0.2, -0.15) is 4.37 Å². The molecule has 0 aliphatic heterocycles. The Balaban J connectivity index is 1.91. The quantitative estimate of drug-likeness (QED) is 0.830. The van der Waals surface area contributed by atoms with E-state index in [4.69, 9.17) is 4.74 Å². The summed E-state index contributed by atoms with van der Waals surface area (Å²) >= 11 is 1.48. The highest BCUT2D eigenvalue weighted by atomic mass is 32.1. The lowest BCUT2D eigenvalue weighted by molar-refractivity contribution is 0.317. The van der Waals surface area contributed by atoms with Crippen molar-refractivity contribution in [2.24, 2.45) is 0 Å². The monoisotopic (exact) mass is 263 g/mol. The Morgan fingerprint density at radius 1 is 1.33 bits per heavy atom. The van der Waals surface area contributed by atoms with Crippen LogP contribution in [0.5, 0.6) is 5.88 Å². The van der Waals surface area contributed by atoms with E-state index in [-0.39, 0.29) is 0 Å². The number of aryl methyl sites for hydroxylation is 1. The average molecular weight is 263 g/mol. The van der Waals surface area contributed by atoms with Crippen molar-refractivity contribution < 1.29 is 4.74 Å². The minimum Gasteiger partial charge on any atom is -0.480 e. The van der Waals surface area contributed by atoms with Gasteiger partial charge in [-0.15, -0.1) is 0 Å². The first-order chi connectivity index (χ1) is 8.67. The maximum absolute atomic E-state index is 5.08. The van der Waals surface area contributed by atoms with E-state index in [1.807, 2.05) is 19.2 Å². The van der Waals surface area contributed by atoms with Crippen LogP contribution >= 0.6 is 11.5 Å². The van der Waals surface area contributed by atoms with Crippen molar-refractivity contribution in [1.82, 2.24) is 14.3 Å². The molecule has 2 aromatic rings. The topological polar surface area (TPSA) is 38.2 Å². The highest BCUT2D eigenvalue weighted by Crippen LogP contribution is 2.18. The van der Waals surface area contributed by atoms with Crippen LogP contribution in [0.2, 0.25) is 0 Å². The Morgan fingerprint density at radius 2 is 2.17 bits per heavy atom. The van der Waals surface area contributed by atoms with E-state index < -0.39 is 0 Å². The lowest BCUT2D eigenvalue weighted by Gasteiger charge is -2.14. The van der Waals surface area contributed by atoms with Crippen molar-refractivity contribution in [3.63, 3.8) is 0 Å². The molecule has 0 saturated heterocycles. The molecule has 0 N–H and O–H groups in total. The number of hydrogen-bond donors (Lipinski definition) is 0. The van der Waals surface area contributed by atoms with Crippen LogP contribution in [0, 0.1) is 6.92 Å². The number of aromatic nitrogens is 2. The third-order valence-corrected chi connectivity index (χ3v) is 3.33. The second-order valence-corrected chi connectivity index (χ2v) is 5.22. The zero-order chi connectivity index (χ0) is 13.0. The van der Waals surface area contributed by atoms with Crippen molar-refractivity contribution in [3.8, 4) is 5.88 Å². The third kappa shape index (κ3) is 3.51. The number of hydrogen-bond acceptors (Lipinski definition) is 5. The zero-order valence-electron chi connectivity index (χ0n) is 10.9. The van der Waals surface area contributed by atoms with Crippen molar-refractivity contribution in [2.75, 3.05) is 14.2 Å². The predicted molar refractivity (Wildman–Crippen MR) is 72.8 cm³/mol. The third-order valence-electron chi connectivity index (χ3n) is 2.58. The second-order valence-electron chi connectivity index (χ2n) is 4.33. The molecule has 2 aromatic heterocycles. The van der Waals surface area contributed by atoms with E-state index in [0.29, 0.717) is 5.88 Å². The van der Waals surface area contributed by atoms with Crippen LogP contribution in [0.25, 0.3) is 0 Å². The fourth-order valence-electron chi connectivity index (χ4n) is 1.66. The van der Waals surface area contributed by atoms with Gasteiger partial charge in [-0.1, -0.05) is 6.07 Å². The second kappa shape index (κ2) is 5.93. The summed E-state index contributed by atoms with van der Waals surface area (Å²) in [6.07, 6.45) is 1.90. The molecule has 2 heterocycles. The maximum atomic E-state index is 5.08. The Bertz CT molecular complexity index is 495. The Hall–Kier alpha value is -1.46. The summed E-state index contributed by atoms with van der Waals surface area (Å²) in [6.45, 7) is 3.74. The summed E-state index contributed by atoms with van der Waals surface area (Å²) in [5.74, 6) is 0.692. The van der Waals surface area contributed by atoms with E-state index in [0.717, 1.165) is 18.8 Å². The molecule has 0 aromatic carbocycles. The van der Waals surface area contributed by atoms with E-state index in [2.05, 4.69) is 33.4 Å². The van der Waals surface area contributed by atoms with Gasteiger partial charge in [0.1, 0.15) is 0 Å². The van der Waals surface area contributed by atoms with Gasteiger partial charge in [0.2, 0.25) is 5.88 Å². The SMILES string of the molecule is COc1cc(CN(C)Cc2ccc(C)cn2)sn1. The molecule has 0 bridgehead atoms. The van der Waals surface area contributed by atoms with E-state index in [1.54, 1.807) is 7.11 Å². The molecule has 0 radical (unpaired) electrons. The molecule has 0 aliphatic rings. The summed E-state index contributed by atoms with van der Waals surface area (Å²) in [5, 5.41) is 0. The molecule has 0 atom stereocenters. The van der Waals surface area contributed by atoms with Gasteiger partial charge < -0.3 is 4.74 Å². The van der Waals surface area contributed by atoms with Crippen LogP contribution in [0.4, 0.5) is 0 Å². The first-order valence-electron chi connectivity index (χ1n) is 5.77. The molecule has 2 rings (SSSR count). The lowest BCUT2D eigenvalue weighted by atomic mass is 10.2. The normalized spacial score (nSPS) is 10.9. The molecule has 0 saturated carbocycles. The van der Waals surface area contributed by atoms with Crippen LogP contribution in [0.15, 0.2) is 24.4 Å². The standard InChI is InChI=1S/C13H17N3OS/c1-10-4-5-11(14-7-10)8-16(2)9-12-6-13(17-3)15-18-12/h4-7H,8-9H2,1-3H3. The number of nitrogens with zero attached hydrogens (tertiary/aromatic N) is 3. The fourth-order valence-corrected chi connectivity index (χ4v) is 2.42. The van der Waals surface area contributed by atoms with E-state index >= 15 is 0 Å². The zero-order valence-corrected chi connectivity index (χ0v) is 11.7. The van der Waals surface area contributed by atoms with Gasteiger partial charge in [0.15, 0.2) is 0 Å². The van der Waals surface area contributed by atoms with Gasteiger partial charge in [-0.3, -0.25) is 9.88 Å². The molecule has 0 aliphatic carbocycles. The molecular weight excluding hydrogens is 246 g/mol. The van der Waals surface area contributed by atoms with Crippen molar-refractivity contribution >= 4 is 11.5 Å². The Labute approximate surface area is 111 Å². The molecule has 4 nitrogen and oxygen atoms in total. The Morgan fingerprint density at radius 3 is 2.78 bits per heavy atom. The van der Waals surface area contributed by atoms with E-state index in [9.17, 15) is 0 Å². The highest BCUT2D eigenvalue weighted by molar-refractivity contribution is 7.05. The van der Waals surface area contributed by atoms with Gasteiger partial charge in [0.25, 0.3) is 0 Å². The number of methoxy groups -OCH3 is 1. The van der Waals surface area contributed by atoms with Gasteiger partial charge >= 0.3 is 0 Å². The van der Waals surface area contributed by atoms with Crippen molar-refractivity contribution in [2.45, 2.75) is 20.0 Å². The minimum atomic E-state index is 0.692. The first-order valence-corrected chi connectivity index (χ1v) is 6.54. The van der Waals surface area contributed by atoms with Crippen LogP contribution < -0.4 is 4.74 Å². The predicted octanol–water partition coefficient (Wildman–Crippen LogP) is 2.49. The molecule has 0 amide bonds. The van der Waals surface area contributed by atoms with Crippen LogP contribution in [-0.4, -0.2) is 28.4 Å². The molecule has 0 spiro atoms. The molecule has 0 unspecified atom stereocenters. The smallest absolute Gasteiger partial charge is 0.225 e. The summed E-state index contributed by atoms with van der Waals surface area (Å²) < 4.78 is 9.26. The van der Waals surface area contributed by atoms with Crippen LogP contribution in [0.3, 0.4) is 0 Å². The Kier molecular flexibility index (Phi) is 4.28. The maximum Gasteiger partial charge on any atom is 0.225 e. The summed E-state index contributed by atoms with van der Waals surface area (Å²) in [4.78, 5) is 7.81.